The number of hydrogen-bond donors (Lipinski definition) is 3. The van der Waals surface area contributed by atoms with Crippen LogP contribution in [0.15, 0.2) is 41.9 Å². The van der Waals surface area contributed by atoms with Gasteiger partial charge in [-0.1, -0.05) is 32.4 Å². The van der Waals surface area contributed by atoms with Crippen molar-refractivity contribution in [1.29, 1.82) is 5.41 Å². The Morgan fingerprint density at radius 2 is 1.86 bits per heavy atom. The standard InChI is InChI=1S/C14H16ClN3O2.C4H11N5/c1-14(2,3)12(19)13(18-9-16-8-17-18)20-11-6-4-10(15)5-7-11;1-9(2)4(7)8-3(5)6/h4-9,13H,1-3H3;1-2H3,(H5,5,6,7,8). The topological polar surface area (TPSA) is 149 Å². The van der Waals surface area contributed by atoms with Gasteiger partial charge < -0.3 is 21.1 Å². The van der Waals surface area contributed by atoms with Gasteiger partial charge in [0.2, 0.25) is 11.7 Å². The number of rotatable bonds is 4. The van der Waals surface area contributed by atoms with Crippen LogP contribution in [0.4, 0.5) is 0 Å². The smallest absolute Gasteiger partial charge is 0.252 e. The Kier molecular flexibility index (Phi) is 8.58. The molecule has 11 heteroatoms. The molecule has 29 heavy (non-hydrogen) atoms. The van der Waals surface area contributed by atoms with E-state index in [-0.39, 0.29) is 17.7 Å². The van der Waals surface area contributed by atoms with Crippen molar-refractivity contribution in [3.05, 3.63) is 41.9 Å². The van der Waals surface area contributed by atoms with Crippen LogP contribution in [0.1, 0.15) is 27.0 Å². The molecule has 1 heterocycles. The van der Waals surface area contributed by atoms with Gasteiger partial charge in [-0.25, -0.2) is 9.67 Å². The van der Waals surface area contributed by atoms with E-state index >= 15 is 0 Å². The molecular weight excluding hydrogens is 396 g/mol. The molecule has 1 atom stereocenters. The number of hydrogen-bond acceptors (Lipinski definition) is 5. The minimum atomic E-state index is -0.848. The van der Waals surface area contributed by atoms with Crippen molar-refractivity contribution < 1.29 is 9.53 Å². The Labute approximate surface area is 175 Å². The molecule has 10 nitrogen and oxygen atoms in total. The molecule has 0 aliphatic carbocycles. The second-order valence-corrected chi connectivity index (χ2v) is 7.60. The Hall–Kier alpha value is -3.14. The highest BCUT2D eigenvalue weighted by atomic mass is 35.5. The number of ether oxygens (including phenoxy) is 1. The summed E-state index contributed by atoms with van der Waals surface area (Å²) in [7, 11) is 3.45. The molecular formula is C18H27ClN8O2. The summed E-state index contributed by atoms with van der Waals surface area (Å²) in [5, 5.41) is 11.3. The van der Waals surface area contributed by atoms with Crippen LogP contribution in [-0.4, -0.2) is 51.5 Å². The minimum Gasteiger partial charge on any atom is -0.461 e. The fourth-order valence-corrected chi connectivity index (χ4v) is 1.93. The summed E-state index contributed by atoms with van der Waals surface area (Å²) in [5.74, 6) is 0.425. The number of nitrogens with two attached hydrogens (primary N) is 2. The van der Waals surface area contributed by atoms with Crippen molar-refractivity contribution in [2.45, 2.75) is 27.0 Å². The zero-order valence-corrected chi connectivity index (χ0v) is 17.9. The Morgan fingerprint density at radius 3 is 2.24 bits per heavy atom. The maximum absolute atomic E-state index is 12.5. The summed E-state index contributed by atoms with van der Waals surface area (Å²) in [4.78, 5) is 21.4. The number of carbonyl (C=O) groups excluding carboxylic acids is 1. The van der Waals surface area contributed by atoms with Crippen LogP contribution in [-0.2, 0) is 4.79 Å². The molecule has 1 aromatic carbocycles. The first-order valence-electron chi connectivity index (χ1n) is 8.58. The highest BCUT2D eigenvalue weighted by Gasteiger charge is 2.33. The van der Waals surface area contributed by atoms with E-state index in [0.717, 1.165) is 0 Å². The first-order chi connectivity index (χ1) is 13.4. The van der Waals surface area contributed by atoms with E-state index in [1.165, 1.54) is 17.3 Å². The molecule has 0 bridgehead atoms. The van der Waals surface area contributed by atoms with Crippen LogP contribution in [0, 0.1) is 10.8 Å². The third kappa shape index (κ3) is 8.18. The first kappa shape index (κ1) is 23.9. The van der Waals surface area contributed by atoms with Gasteiger partial charge in [-0.3, -0.25) is 10.2 Å². The molecule has 2 rings (SSSR count). The van der Waals surface area contributed by atoms with Crippen LogP contribution >= 0.6 is 11.6 Å². The zero-order valence-electron chi connectivity index (χ0n) is 17.1. The molecule has 1 unspecified atom stereocenters. The van der Waals surface area contributed by atoms with Gasteiger partial charge in [0.15, 0.2) is 5.96 Å². The third-order valence-electron chi connectivity index (χ3n) is 3.39. The second kappa shape index (κ2) is 10.4. The van der Waals surface area contributed by atoms with Crippen LogP contribution in [0.3, 0.4) is 0 Å². The number of carbonyl (C=O) groups is 1. The van der Waals surface area contributed by atoms with E-state index < -0.39 is 11.6 Å². The number of ketones is 1. The van der Waals surface area contributed by atoms with Gasteiger partial charge in [-0.15, -0.1) is 0 Å². The molecule has 0 fully saturated rings. The molecule has 0 saturated heterocycles. The number of Topliss-reactive ketones (excluding diaryl/α,β-unsaturated/α-hetero) is 1. The van der Waals surface area contributed by atoms with Crippen molar-refractivity contribution in [3.8, 4) is 5.75 Å². The lowest BCUT2D eigenvalue weighted by molar-refractivity contribution is -0.138. The molecule has 1 aromatic heterocycles. The Morgan fingerprint density at radius 1 is 1.28 bits per heavy atom. The van der Waals surface area contributed by atoms with Crippen LogP contribution in [0.2, 0.25) is 5.02 Å². The largest absolute Gasteiger partial charge is 0.461 e. The molecule has 0 saturated carbocycles. The Bertz CT molecular complexity index is 827. The van der Waals surface area contributed by atoms with E-state index in [4.69, 9.17) is 33.2 Å². The fraction of sp³-hybridized carbons (Fsp3) is 0.389. The molecule has 5 N–H and O–H groups in total. The Balaban J connectivity index is 0.000000396. The SMILES string of the molecule is CC(C)(C)C(=O)C(Oc1ccc(Cl)cc1)n1cncn1.CN(C)C(N)=NC(=N)N. The fourth-order valence-electron chi connectivity index (χ4n) is 1.80. The average Bonchev–Trinajstić information content (AvgIpc) is 3.14. The minimum absolute atomic E-state index is 0.0852. The van der Waals surface area contributed by atoms with Gasteiger partial charge in [0.05, 0.1) is 0 Å². The number of nitrogens with zero attached hydrogens (tertiary/aromatic N) is 5. The number of aliphatic imine (C=N–C) groups is 1. The average molecular weight is 423 g/mol. The summed E-state index contributed by atoms with van der Waals surface area (Å²) < 4.78 is 7.16. The number of guanidine groups is 2. The molecule has 158 valence electrons. The van der Waals surface area contributed by atoms with Crippen LogP contribution in [0.25, 0.3) is 0 Å². The molecule has 0 aliphatic heterocycles. The summed E-state index contributed by atoms with van der Waals surface area (Å²) in [6.45, 7) is 5.51. The van der Waals surface area contributed by atoms with Gasteiger partial charge in [0.25, 0.3) is 6.23 Å². The van der Waals surface area contributed by atoms with Crippen molar-refractivity contribution in [1.82, 2.24) is 19.7 Å². The second-order valence-electron chi connectivity index (χ2n) is 7.16. The molecule has 2 aromatic rings. The van der Waals surface area contributed by atoms with Crippen molar-refractivity contribution >= 4 is 29.3 Å². The van der Waals surface area contributed by atoms with Crippen molar-refractivity contribution in [3.63, 3.8) is 0 Å². The lowest BCUT2D eigenvalue weighted by Gasteiger charge is -2.25. The van der Waals surface area contributed by atoms with E-state index in [9.17, 15) is 4.79 Å². The highest BCUT2D eigenvalue weighted by Crippen LogP contribution is 2.26. The molecule has 0 amide bonds. The van der Waals surface area contributed by atoms with Crippen LogP contribution in [0.5, 0.6) is 5.75 Å². The number of benzene rings is 1. The van der Waals surface area contributed by atoms with Gasteiger partial charge in [-0.2, -0.15) is 10.1 Å². The quantitative estimate of drug-likeness (QED) is 0.503. The van der Waals surface area contributed by atoms with Gasteiger partial charge >= 0.3 is 0 Å². The summed E-state index contributed by atoms with van der Waals surface area (Å²) in [6.07, 6.45) is 1.98. The zero-order chi connectivity index (χ0) is 22.2. The normalized spacial score (nSPS) is 12.4. The van der Waals surface area contributed by atoms with E-state index in [1.807, 2.05) is 20.8 Å². The monoisotopic (exact) mass is 422 g/mol. The lowest BCUT2D eigenvalue weighted by Crippen LogP contribution is -2.34. The van der Waals surface area contributed by atoms with E-state index in [0.29, 0.717) is 10.8 Å². The number of nitrogens with one attached hydrogen (secondary N) is 1. The van der Waals surface area contributed by atoms with Crippen molar-refractivity contribution in [2.24, 2.45) is 21.9 Å². The van der Waals surface area contributed by atoms with Crippen molar-refractivity contribution in [2.75, 3.05) is 14.1 Å². The summed E-state index contributed by atoms with van der Waals surface area (Å²) >= 11 is 5.83. The predicted octanol–water partition coefficient (Wildman–Crippen LogP) is 1.88. The molecule has 0 spiro atoms. The number of halogens is 1. The molecule has 0 radical (unpaired) electrons. The summed E-state index contributed by atoms with van der Waals surface area (Å²) in [5.41, 5.74) is 9.64. The number of aromatic nitrogens is 3. The van der Waals surface area contributed by atoms with E-state index in [2.05, 4.69) is 15.1 Å². The van der Waals surface area contributed by atoms with Gasteiger partial charge in [-0.05, 0) is 24.3 Å². The van der Waals surface area contributed by atoms with E-state index in [1.54, 1.807) is 43.3 Å². The first-order valence-corrected chi connectivity index (χ1v) is 8.95. The molecule has 0 aliphatic rings. The van der Waals surface area contributed by atoms with Crippen LogP contribution < -0.4 is 16.2 Å². The summed E-state index contributed by atoms with van der Waals surface area (Å²) in [6, 6.07) is 6.83. The lowest BCUT2D eigenvalue weighted by atomic mass is 9.90. The highest BCUT2D eigenvalue weighted by molar-refractivity contribution is 6.30. The third-order valence-corrected chi connectivity index (χ3v) is 3.65. The van der Waals surface area contributed by atoms with Gasteiger partial charge in [0, 0.05) is 24.5 Å². The maximum Gasteiger partial charge on any atom is 0.252 e. The van der Waals surface area contributed by atoms with Gasteiger partial charge in [0.1, 0.15) is 18.4 Å². The predicted molar refractivity (Wildman–Crippen MR) is 113 cm³/mol. The maximum atomic E-state index is 12.5.